The van der Waals surface area contributed by atoms with Crippen LogP contribution < -0.4 is 4.74 Å². The van der Waals surface area contributed by atoms with Gasteiger partial charge >= 0.3 is 0 Å². The highest BCUT2D eigenvalue weighted by Gasteiger charge is 2.17. The Balaban J connectivity index is 2.27. The Morgan fingerprint density at radius 2 is 1.50 bits per heavy atom. The molecule has 0 bridgehead atoms. The lowest BCUT2D eigenvalue weighted by Crippen LogP contribution is -2.09. The van der Waals surface area contributed by atoms with Crippen LogP contribution in [0.1, 0.15) is 81.4 Å². The highest BCUT2D eigenvalue weighted by atomic mass is 16.5. The molecule has 0 radical (unpaired) electrons. The fourth-order valence-corrected chi connectivity index (χ4v) is 3.66. The van der Waals surface area contributed by atoms with Crippen molar-refractivity contribution in [3.63, 3.8) is 0 Å². The number of benzene rings is 1. The predicted molar refractivity (Wildman–Crippen MR) is 92.8 cm³/mol. The maximum Gasteiger partial charge on any atom is 0.125 e. The molecule has 1 saturated carbocycles. The summed E-state index contributed by atoms with van der Waals surface area (Å²) in [4.78, 5) is 0. The molecule has 1 aromatic rings. The minimum atomic E-state index is 0.0800. The molecule has 0 atom stereocenters. The lowest BCUT2D eigenvalue weighted by atomic mass is 9.84. The van der Waals surface area contributed by atoms with Gasteiger partial charge in [0.15, 0.2) is 0 Å². The van der Waals surface area contributed by atoms with Gasteiger partial charge in [0, 0.05) is 0 Å². The molecule has 22 heavy (non-hydrogen) atoms. The van der Waals surface area contributed by atoms with Crippen molar-refractivity contribution >= 4 is 0 Å². The first-order chi connectivity index (χ1) is 10.8. The Labute approximate surface area is 135 Å². The molecule has 2 nitrogen and oxygen atoms in total. The van der Waals surface area contributed by atoms with Crippen LogP contribution in [0.5, 0.6) is 5.75 Å². The standard InChI is InChI=1S/C20H32O2/c1-3-16-14-19(18-10-8-6-5-7-9-11-18)15-17(4-2)20(16)22-13-12-21/h14-15,18,21H,3-13H2,1-2H3. The maximum atomic E-state index is 9.05. The highest BCUT2D eigenvalue weighted by Crippen LogP contribution is 2.36. The number of hydrogen-bond acceptors (Lipinski definition) is 2. The second-order valence-electron chi connectivity index (χ2n) is 6.49. The van der Waals surface area contributed by atoms with Crippen molar-refractivity contribution in [3.8, 4) is 5.75 Å². The normalized spacial score (nSPS) is 17.0. The zero-order valence-corrected chi connectivity index (χ0v) is 14.4. The fraction of sp³-hybridized carbons (Fsp3) is 0.700. The van der Waals surface area contributed by atoms with Gasteiger partial charge in [0.05, 0.1) is 6.61 Å². The highest BCUT2D eigenvalue weighted by molar-refractivity contribution is 5.46. The number of ether oxygens (including phenoxy) is 1. The first kappa shape index (κ1) is 17.3. The summed E-state index contributed by atoms with van der Waals surface area (Å²) in [5, 5.41) is 9.05. The molecule has 0 amide bonds. The molecule has 0 unspecified atom stereocenters. The number of aryl methyl sites for hydroxylation is 2. The second-order valence-corrected chi connectivity index (χ2v) is 6.49. The Morgan fingerprint density at radius 1 is 0.955 bits per heavy atom. The van der Waals surface area contributed by atoms with Gasteiger partial charge in [0.1, 0.15) is 12.4 Å². The summed E-state index contributed by atoms with van der Waals surface area (Å²) in [7, 11) is 0. The van der Waals surface area contributed by atoms with E-state index >= 15 is 0 Å². The first-order valence-electron chi connectivity index (χ1n) is 9.19. The van der Waals surface area contributed by atoms with Gasteiger partial charge in [-0.2, -0.15) is 0 Å². The summed E-state index contributed by atoms with van der Waals surface area (Å²) in [6.07, 6.45) is 11.6. The number of aliphatic hydroxyl groups is 1. The summed E-state index contributed by atoms with van der Waals surface area (Å²) in [5.74, 6) is 1.75. The zero-order valence-electron chi connectivity index (χ0n) is 14.4. The Bertz CT molecular complexity index is 420. The molecule has 1 aliphatic rings. The topological polar surface area (TPSA) is 29.5 Å². The molecule has 0 heterocycles. The van der Waals surface area contributed by atoms with Crippen molar-refractivity contribution in [2.45, 2.75) is 77.6 Å². The lowest BCUT2D eigenvalue weighted by molar-refractivity contribution is 0.199. The van der Waals surface area contributed by atoms with Gasteiger partial charge < -0.3 is 9.84 Å². The molecule has 2 rings (SSSR count). The molecule has 1 N–H and O–H groups in total. The van der Waals surface area contributed by atoms with Gasteiger partial charge in [-0.05, 0) is 48.3 Å². The largest absolute Gasteiger partial charge is 0.491 e. The Morgan fingerprint density at radius 3 is 2.00 bits per heavy atom. The van der Waals surface area contributed by atoms with E-state index in [0.717, 1.165) is 24.5 Å². The molecule has 1 aliphatic carbocycles. The van der Waals surface area contributed by atoms with E-state index in [1.54, 1.807) is 0 Å². The minimum absolute atomic E-state index is 0.0800. The lowest BCUT2D eigenvalue weighted by Gasteiger charge is -2.23. The SMILES string of the molecule is CCc1cc(C2CCCCCCC2)cc(CC)c1OCCO. The van der Waals surface area contributed by atoms with Gasteiger partial charge in [0.2, 0.25) is 0 Å². The van der Waals surface area contributed by atoms with E-state index in [1.165, 1.54) is 61.6 Å². The predicted octanol–water partition coefficient (Wildman–Crippen LogP) is 5.01. The van der Waals surface area contributed by atoms with E-state index in [1.807, 2.05) is 0 Å². The van der Waals surface area contributed by atoms with Gasteiger partial charge in [-0.1, -0.05) is 58.1 Å². The van der Waals surface area contributed by atoms with Crippen LogP contribution in [0.4, 0.5) is 0 Å². The van der Waals surface area contributed by atoms with E-state index in [2.05, 4.69) is 26.0 Å². The molecule has 1 fully saturated rings. The van der Waals surface area contributed by atoms with E-state index in [9.17, 15) is 0 Å². The fourth-order valence-electron chi connectivity index (χ4n) is 3.66. The van der Waals surface area contributed by atoms with Crippen LogP contribution in [0.2, 0.25) is 0 Å². The van der Waals surface area contributed by atoms with Crippen LogP contribution in [0.25, 0.3) is 0 Å². The number of hydrogen-bond donors (Lipinski definition) is 1. The molecule has 0 aliphatic heterocycles. The van der Waals surface area contributed by atoms with Crippen LogP contribution in [-0.2, 0) is 12.8 Å². The minimum Gasteiger partial charge on any atom is -0.491 e. The summed E-state index contributed by atoms with van der Waals surface area (Å²) >= 11 is 0. The van der Waals surface area contributed by atoms with Crippen LogP contribution in [0.15, 0.2) is 12.1 Å². The van der Waals surface area contributed by atoms with E-state index in [4.69, 9.17) is 9.84 Å². The summed E-state index contributed by atoms with van der Waals surface area (Å²) in [6.45, 7) is 4.87. The average molecular weight is 304 g/mol. The Kier molecular flexibility index (Phi) is 7.24. The third-order valence-electron chi connectivity index (χ3n) is 4.94. The van der Waals surface area contributed by atoms with E-state index in [0.29, 0.717) is 6.61 Å². The molecule has 0 aromatic heterocycles. The summed E-state index contributed by atoms with van der Waals surface area (Å²) < 4.78 is 5.84. The maximum absolute atomic E-state index is 9.05. The molecule has 0 saturated heterocycles. The number of rotatable bonds is 6. The van der Waals surface area contributed by atoms with E-state index < -0.39 is 0 Å². The van der Waals surface area contributed by atoms with Crippen molar-refractivity contribution < 1.29 is 9.84 Å². The number of aliphatic hydroxyl groups excluding tert-OH is 1. The molecule has 1 aromatic carbocycles. The molecule has 2 heteroatoms. The zero-order chi connectivity index (χ0) is 15.8. The van der Waals surface area contributed by atoms with Crippen molar-refractivity contribution in [1.82, 2.24) is 0 Å². The molecular formula is C20H32O2. The quantitative estimate of drug-likeness (QED) is 0.800. The monoisotopic (exact) mass is 304 g/mol. The third kappa shape index (κ3) is 4.49. The van der Waals surface area contributed by atoms with Gasteiger partial charge in [-0.3, -0.25) is 0 Å². The van der Waals surface area contributed by atoms with Crippen molar-refractivity contribution in [2.24, 2.45) is 0 Å². The van der Waals surface area contributed by atoms with Crippen molar-refractivity contribution in [1.29, 1.82) is 0 Å². The van der Waals surface area contributed by atoms with Gasteiger partial charge in [-0.15, -0.1) is 0 Å². The molecular weight excluding hydrogens is 272 g/mol. The Hall–Kier alpha value is -1.02. The van der Waals surface area contributed by atoms with Gasteiger partial charge in [-0.25, -0.2) is 0 Å². The second kappa shape index (κ2) is 9.19. The van der Waals surface area contributed by atoms with Crippen LogP contribution >= 0.6 is 0 Å². The van der Waals surface area contributed by atoms with Crippen LogP contribution in [0.3, 0.4) is 0 Å². The van der Waals surface area contributed by atoms with Gasteiger partial charge in [0.25, 0.3) is 0 Å². The summed E-state index contributed by atoms with van der Waals surface area (Å²) in [6, 6.07) is 4.75. The smallest absolute Gasteiger partial charge is 0.125 e. The van der Waals surface area contributed by atoms with Crippen LogP contribution in [0, 0.1) is 0 Å². The third-order valence-corrected chi connectivity index (χ3v) is 4.94. The summed E-state index contributed by atoms with van der Waals surface area (Å²) in [5.41, 5.74) is 4.14. The first-order valence-corrected chi connectivity index (χ1v) is 9.19. The van der Waals surface area contributed by atoms with Crippen molar-refractivity contribution in [2.75, 3.05) is 13.2 Å². The van der Waals surface area contributed by atoms with Crippen molar-refractivity contribution in [3.05, 3.63) is 28.8 Å². The van der Waals surface area contributed by atoms with E-state index in [-0.39, 0.29) is 6.61 Å². The molecule has 0 spiro atoms. The van der Waals surface area contributed by atoms with Crippen LogP contribution in [-0.4, -0.2) is 18.3 Å². The molecule has 124 valence electrons. The average Bonchev–Trinajstić information content (AvgIpc) is 2.52.